The Morgan fingerprint density at radius 3 is 2.54 bits per heavy atom. The number of hydrogen-bond acceptors (Lipinski definition) is 3. The minimum absolute atomic E-state index is 0.105. The van der Waals surface area contributed by atoms with Gasteiger partial charge in [0.2, 0.25) is 5.91 Å². The third-order valence-corrected chi connectivity index (χ3v) is 3.64. The SMILES string of the molecule is CC(C)[C@H](Nc1ccc(C(F)(F)F)cc1Cl)C(=O)Nc1cn[nH]c1. The van der Waals surface area contributed by atoms with Crippen molar-refractivity contribution in [1.82, 2.24) is 10.2 Å². The number of nitrogens with one attached hydrogen (secondary N) is 3. The Hall–Kier alpha value is -2.22. The maximum Gasteiger partial charge on any atom is 0.416 e. The van der Waals surface area contributed by atoms with E-state index in [0.717, 1.165) is 12.1 Å². The average molecular weight is 361 g/mol. The maximum absolute atomic E-state index is 12.7. The second-order valence-corrected chi connectivity index (χ2v) is 5.94. The maximum atomic E-state index is 12.7. The van der Waals surface area contributed by atoms with Crippen molar-refractivity contribution in [2.45, 2.75) is 26.1 Å². The van der Waals surface area contributed by atoms with Crippen LogP contribution >= 0.6 is 11.6 Å². The van der Waals surface area contributed by atoms with E-state index in [1.807, 2.05) is 13.8 Å². The highest BCUT2D eigenvalue weighted by molar-refractivity contribution is 6.33. The summed E-state index contributed by atoms with van der Waals surface area (Å²) in [4.78, 5) is 12.4. The van der Waals surface area contributed by atoms with Crippen LogP contribution in [0.15, 0.2) is 30.6 Å². The van der Waals surface area contributed by atoms with Gasteiger partial charge >= 0.3 is 6.18 Å². The molecule has 0 aliphatic rings. The van der Waals surface area contributed by atoms with E-state index in [1.54, 1.807) is 0 Å². The van der Waals surface area contributed by atoms with Crippen molar-refractivity contribution in [1.29, 1.82) is 0 Å². The quantitative estimate of drug-likeness (QED) is 0.750. The number of aromatic amines is 1. The molecule has 1 atom stereocenters. The molecule has 2 aromatic rings. The van der Waals surface area contributed by atoms with Crippen molar-refractivity contribution in [3.05, 3.63) is 41.2 Å². The molecule has 1 aromatic carbocycles. The van der Waals surface area contributed by atoms with Gasteiger partial charge in [0.25, 0.3) is 0 Å². The van der Waals surface area contributed by atoms with E-state index in [0.29, 0.717) is 5.69 Å². The van der Waals surface area contributed by atoms with E-state index in [9.17, 15) is 18.0 Å². The summed E-state index contributed by atoms with van der Waals surface area (Å²) in [6.07, 6.45) is -1.51. The largest absolute Gasteiger partial charge is 0.416 e. The summed E-state index contributed by atoms with van der Waals surface area (Å²) >= 11 is 5.92. The van der Waals surface area contributed by atoms with E-state index in [1.165, 1.54) is 18.5 Å². The second kappa shape index (κ2) is 7.12. The van der Waals surface area contributed by atoms with Crippen LogP contribution in [0.25, 0.3) is 0 Å². The first-order chi connectivity index (χ1) is 11.2. The molecule has 0 bridgehead atoms. The number of hydrogen-bond donors (Lipinski definition) is 3. The van der Waals surface area contributed by atoms with Gasteiger partial charge in [-0.15, -0.1) is 0 Å². The molecule has 1 heterocycles. The highest BCUT2D eigenvalue weighted by Gasteiger charge is 2.31. The van der Waals surface area contributed by atoms with Gasteiger partial charge in [0.05, 0.1) is 28.2 Å². The zero-order valence-corrected chi connectivity index (χ0v) is 13.7. The molecule has 1 aromatic heterocycles. The van der Waals surface area contributed by atoms with Gasteiger partial charge < -0.3 is 10.6 Å². The van der Waals surface area contributed by atoms with E-state index >= 15 is 0 Å². The number of halogens is 4. The molecule has 24 heavy (non-hydrogen) atoms. The Morgan fingerprint density at radius 2 is 2.04 bits per heavy atom. The van der Waals surface area contributed by atoms with Crippen molar-refractivity contribution in [3.8, 4) is 0 Å². The van der Waals surface area contributed by atoms with Crippen molar-refractivity contribution in [3.63, 3.8) is 0 Å². The van der Waals surface area contributed by atoms with Crippen LogP contribution in [0.3, 0.4) is 0 Å². The molecule has 0 aliphatic heterocycles. The number of amides is 1. The van der Waals surface area contributed by atoms with Gasteiger partial charge in [-0.3, -0.25) is 9.89 Å². The van der Waals surface area contributed by atoms with Crippen molar-refractivity contribution < 1.29 is 18.0 Å². The number of carbonyl (C=O) groups is 1. The Balaban J connectivity index is 2.17. The number of benzene rings is 1. The molecular weight excluding hydrogens is 345 g/mol. The minimum atomic E-state index is -4.47. The number of aromatic nitrogens is 2. The van der Waals surface area contributed by atoms with Crippen LogP contribution in [0.5, 0.6) is 0 Å². The van der Waals surface area contributed by atoms with Gasteiger partial charge in [-0.25, -0.2) is 0 Å². The van der Waals surface area contributed by atoms with Crippen LogP contribution in [0.4, 0.5) is 24.5 Å². The first kappa shape index (κ1) is 18.1. The molecule has 0 saturated carbocycles. The molecule has 0 saturated heterocycles. The molecule has 0 aliphatic carbocycles. The normalized spacial score (nSPS) is 13.0. The summed E-state index contributed by atoms with van der Waals surface area (Å²) in [5.74, 6) is -0.474. The lowest BCUT2D eigenvalue weighted by Gasteiger charge is -2.23. The van der Waals surface area contributed by atoms with Crippen LogP contribution < -0.4 is 10.6 Å². The number of alkyl halides is 3. The fourth-order valence-electron chi connectivity index (χ4n) is 2.05. The van der Waals surface area contributed by atoms with Crippen LogP contribution in [0, 0.1) is 5.92 Å². The van der Waals surface area contributed by atoms with Gasteiger partial charge in [0.1, 0.15) is 6.04 Å². The zero-order valence-electron chi connectivity index (χ0n) is 12.9. The lowest BCUT2D eigenvalue weighted by Crippen LogP contribution is -2.38. The van der Waals surface area contributed by atoms with Gasteiger partial charge in [-0.2, -0.15) is 18.3 Å². The predicted octanol–water partition coefficient (Wildman–Crippen LogP) is 4.16. The van der Waals surface area contributed by atoms with E-state index < -0.39 is 17.8 Å². The third-order valence-electron chi connectivity index (χ3n) is 3.32. The molecule has 0 radical (unpaired) electrons. The second-order valence-electron chi connectivity index (χ2n) is 5.53. The third kappa shape index (κ3) is 4.41. The Kier molecular flexibility index (Phi) is 5.38. The first-order valence-electron chi connectivity index (χ1n) is 7.11. The summed E-state index contributed by atoms with van der Waals surface area (Å²) < 4.78 is 38.0. The molecule has 9 heteroatoms. The molecule has 2 rings (SSSR count). The summed E-state index contributed by atoms with van der Waals surface area (Å²) in [6, 6.07) is 2.27. The topological polar surface area (TPSA) is 69.8 Å². The molecule has 0 spiro atoms. The summed E-state index contributed by atoms with van der Waals surface area (Å²) in [7, 11) is 0. The molecule has 1 amide bonds. The predicted molar refractivity (Wildman–Crippen MR) is 85.9 cm³/mol. The molecular formula is C15H16ClF3N4O. The number of nitrogens with zero attached hydrogens (tertiary/aromatic N) is 1. The molecule has 5 nitrogen and oxygen atoms in total. The fraction of sp³-hybridized carbons (Fsp3) is 0.333. The van der Waals surface area contributed by atoms with Crippen LogP contribution in [0.2, 0.25) is 5.02 Å². The zero-order chi connectivity index (χ0) is 17.9. The Morgan fingerprint density at radius 1 is 1.33 bits per heavy atom. The number of H-pyrrole nitrogens is 1. The van der Waals surface area contributed by atoms with E-state index in [-0.39, 0.29) is 22.5 Å². The van der Waals surface area contributed by atoms with E-state index in [2.05, 4.69) is 20.8 Å². The summed E-state index contributed by atoms with van der Waals surface area (Å²) in [5.41, 5.74) is -0.0985. The summed E-state index contributed by atoms with van der Waals surface area (Å²) in [6.45, 7) is 3.62. The smallest absolute Gasteiger partial charge is 0.372 e. The monoisotopic (exact) mass is 360 g/mol. The van der Waals surface area contributed by atoms with Gasteiger partial charge in [0.15, 0.2) is 0 Å². The lowest BCUT2D eigenvalue weighted by molar-refractivity contribution is -0.137. The molecule has 0 fully saturated rings. The lowest BCUT2D eigenvalue weighted by atomic mass is 10.0. The van der Waals surface area contributed by atoms with E-state index in [4.69, 9.17) is 11.6 Å². The molecule has 130 valence electrons. The van der Waals surface area contributed by atoms with Crippen molar-refractivity contribution >= 4 is 28.9 Å². The fourth-order valence-corrected chi connectivity index (χ4v) is 2.29. The average Bonchev–Trinajstić information content (AvgIpc) is 2.97. The highest BCUT2D eigenvalue weighted by Crippen LogP contribution is 2.34. The standard InChI is InChI=1S/C15H16ClF3N4O/c1-8(2)13(14(24)22-10-6-20-21-7-10)23-12-4-3-9(5-11(12)16)15(17,18)19/h3-8,13,23H,1-2H3,(H,20,21)(H,22,24)/t13-/m0/s1. The van der Waals surface area contributed by atoms with Crippen molar-refractivity contribution in [2.24, 2.45) is 5.92 Å². The molecule has 3 N–H and O–H groups in total. The summed E-state index contributed by atoms with van der Waals surface area (Å²) in [5, 5.41) is 11.7. The molecule has 0 unspecified atom stereocenters. The van der Waals surface area contributed by atoms with Gasteiger partial charge in [0, 0.05) is 6.20 Å². The van der Waals surface area contributed by atoms with Crippen LogP contribution in [0.1, 0.15) is 19.4 Å². The minimum Gasteiger partial charge on any atom is -0.372 e. The van der Waals surface area contributed by atoms with Gasteiger partial charge in [-0.05, 0) is 24.1 Å². The Bertz CT molecular complexity index is 701. The Labute approximate surface area is 141 Å². The van der Waals surface area contributed by atoms with Crippen LogP contribution in [-0.2, 0) is 11.0 Å². The van der Waals surface area contributed by atoms with Crippen LogP contribution in [-0.4, -0.2) is 22.1 Å². The number of rotatable bonds is 5. The van der Waals surface area contributed by atoms with Gasteiger partial charge in [-0.1, -0.05) is 25.4 Å². The number of anilines is 2. The number of carbonyl (C=O) groups excluding carboxylic acids is 1. The first-order valence-corrected chi connectivity index (χ1v) is 7.49. The van der Waals surface area contributed by atoms with Crippen molar-refractivity contribution in [2.75, 3.05) is 10.6 Å². The highest BCUT2D eigenvalue weighted by atomic mass is 35.5.